The summed E-state index contributed by atoms with van der Waals surface area (Å²) in [5.74, 6) is 1.79. The standard InChI is InChI=1S/C12H19N3S.HI/c1-9-5-6-16-11(9)8-15-12(13-2)14-7-10-3-4-10;/h5-6,10H,3-4,7-8H2,1-2H3,(H2,13,14,15);1H. The number of nitrogens with one attached hydrogen (secondary N) is 2. The molecule has 0 spiro atoms. The van der Waals surface area contributed by atoms with Crippen LogP contribution in [0.1, 0.15) is 23.3 Å². The van der Waals surface area contributed by atoms with Gasteiger partial charge in [-0.1, -0.05) is 0 Å². The molecule has 1 aromatic rings. The number of guanidine groups is 1. The summed E-state index contributed by atoms with van der Waals surface area (Å²) in [7, 11) is 1.82. The Morgan fingerprint density at radius 2 is 2.24 bits per heavy atom. The Morgan fingerprint density at radius 3 is 2.76 bits per heavy atom. The maximum atomic E-state index is 4.22. The van der Waals surface area contributed by atoms with Gasteiger partial charge in [-0.05, 0) is 42.7 Å². The van der Waals surface area contributed by atoms with Crippen LogP contribution in [0.2, 0.25) is 0 Å². The third-order valence-electron chi connectivity index (χ3n) is 2.86. The van der Waals surface area contributed by atoms with Crippen LogP contribution >= 0.6 is 35.3 Å². The van der Waals surface area contributed by atoms with Gasteiger partial charge in [0.25, 0.3) is 0 Å². The Hall–Kier alpha value is -0.300. The minimum Gasteiger partial charge on any atom is -0.356 e. The van der Waals surface area contributed by atoms with Crippen molar-refractivity contribution in [3.05, 3.63) is 21.9 Å². The molecule has 2 N–H and O–H groups in total. The topological polar surface area (TPSA) is 36.4 Å². The van der Waals surface area contributed by atoms with Gasteiger partial charge in [-0.2, -0.15) is 0 Å². The van der Waals surface area contributed by atoms with Crippen molar-refractivity contribution in [2.75, 3.05) is 13.6 Å². The van der Waals surface area contributed by atoms with E-state index in [0.29, 0.717) is 0 Å². The molecule has 1 saturated carbocycles. The smallest absolute Gasteiger partial charge is 0.191 e. The molecule has 1 aromatic heterocycles. The van der Waals surface area contributed by atoms with E-state index in [1.54, 1.807) is 11.3 Å². The lowest BCUT2D eigenvalue weighted by atomic mass is 10.3. The number of aryl methyl sites for hydroxylation is 1. The van der Waals surface area contributed by atoms with E-state index in [1.165, 1.54) is 23.3 Å². The van der Waals surface area contributed by atoms with Gasteiger partial charge in [0.05, 0.1) is 6.54 Å². The van der Waals surface area contributed by atoms with Gasteiger partial charge in [0, 0.05) is 18.5 Å². The maximum absolute atomic E-state index is 4.22. The van der Waals surface area contributed by atoms with Crippen molar-refractivity contribution in [2.24, 2.45) is 10.9 Å². The van der Waals surface area contributed by atoms with Gasteiger partial charge >= 0.3 is 0 Å². The normalized spacial score (nSPS) is 15.3. The monoisotopic (exact) mass is 365 g/mol. The second-order valence-corrected chi connectivity index (χ2v) is 5.28. The van der Waals surface area contributed by atoms with Crippen LogP contribution in [0.25, 0.3) is 0 Å². The highest BCUT2D eigenvalue weighted by Crippen LogP contribution is 2.27. The molecule has 1 heterocycles. The molecule has 0 aromatic carbocycles. The van der Waals surface area contributed by atoms with Crippen molar-refractivity contribution in [2.45, 2.75) is 26.3 Å². The minimum absolute atomic E-state index is 0. The Labute approximate surface area is 124 Å². The average molecular weight is 365 g/mol. The molecule has 0 bridgehead atoms. The lowest BCUT2D eigenvalue weighted by molar-refractivity contribution is 0.739. The molecule has 1 fully saturated rings. The van der Waals surface area contributed by atoms with Gasteiger partial charge in [-0.3, -0.25) is 4.99 Å². The van der Waals surface area contributed by atoms with Crippen LogP contribution in [0.5, 0.6) is 0 Å². The predicted octanol–water partition coefficient (Wildman–Crippen LogP) is 2.75. The highest BCUT2D eigenvalue weighted by atomic mass is 127. The largest absolute Gasteiger partial charge is 0.356 e. The number of hydrogen-bond acceptors (Lipinski definition) is 2. The molecule has 0 atom stereocenters. The molecular formula is C12H20IN3S. The summed E-state index contributed by atoms with van der Waals surface area (Å²) in [4.78, 5) is 5.60. The quantitative estimate of drug-likeness (QED) is 0.489. The van der Waals surface area contributed by atoms with Crippen molar-refractivity contribution < 1.29 is 0 Å². The SMILES string of the molecule is CN=C(NCc1sccc1C)NCC1CC1.I. The molecule has 0 unspecified atom stereocenters. The summed E-state index contributed by atoms with van der Waals surface area (Å²) in [6, 6.07) is 2.15. The summed E-state index contributed by atoms with van der Waals surface area (Å²) >= 11 is 1.79. The van der Waals surface area contributed by atoms with Crippen LogP contribution in [0.15, 0.2) is 16.4 Å². The summed E-state index contributed by atoms with van der Waals surface area (Å²) in [5.41, 5.74) is 1.36. The van der Waals surface area contributed by atoms with Crippen LogP contribution in [-0.2, 0) is 6.54 Å². The Morgan fingerprint density at radius 1 is 1.47 bits per heavy atom. The van der Waals surface area contributed by atoms with Crippen molar-refractivity contribution in [3.63, 3.8) is 0 Å². The van der Waals surface area contributed by atoms with E-state index in [0.717, 1.165) is 25.0 Å². The van der Waals surface area contributed by atoms with Gasteiger partial charge in [-0.25, -0.2) is 0 Å². The van der Waals surface area contributed by atoms with Crippen LogP contribution in [0, 0.1) is 12.8 Å². The molecule has 0 amide bonds. The summed E-state index contributed by atoms with van der Waals surface area (Å²) in [6.07, 6.45) is 2.74. The van der Waals surface area contributed by atoms with E-state index in [1.807, 2.05) is 7.05 Å². The van der Waals surface area contributed by atoms with Crippen LogP contribution in [0.3, 0.4) is 0 Å². The first-order valence-electron chi connectivity index (χ1n) is 5.77. The lowest BCUT2D eigenvalue weighted by Crippen LogP contribution is -2.37. The van der Waals surface area contributed by atoms with Gasteiger partial charge in [-0.15, -0.1) is 35.3 Å². The molecule has 5 heteroatoms. The number of halogens is 1. The number of aliphatic imine (C=N–C) groups is 1. The van der Waals surface area contributed by atoms with E-state index >= 15 is 0 Å². The van der Waals surface area contributed by atoms with Crippen LogP contribution in [0.4, 0.5) is 0 Å². The molecular weight excluding hydrogens is 345 g/mol. The van der Waals surface area contributed by atoms with Crippen molar-refractivity contribution in [3.8, 4) is 0 Å². The first-order valence-corrected chi connectivity index (χ1v) is 6.65. The zero-order valence-corrected chi connectivity index (χ0v) is 13.5. The highest BCUT2D eigenvalue weighted by molar-refractivity contribution is 14.0. The number of hydrogen-bond donors (Lipinski definition) is 2. The van der Waals surface area contributed by atoms with Gasteiger partial charge in [0.2, 0.25) is 0 Å². The molecule has 0 radical (unpaired) electrons. The highest BCUT2D eigenvalue weighted by Gasteiger charge is 2.20. The molecule has 0 saturated heterocycles. The van der Waals surface area contributed by atoms with Crippen molar-refractivity contribution in [1.82, 2.24) is 10.6 Å². The fourth-order valence-electron chi connectivity index (χ4n) is 1.53. The molecule has 1 aliphatic rings. The molecule has 1 aliphatic carbocycles. The van der Waals surface area contributed by atoms with E-state index in [-0.39, 0.29) is 24.0 Å². The van der Waals surface area contributed by atoms with Crippen LogP contribution < -0.4 is 10.6 Å². The predicted molar refractivity (Wildman–Crippen MR) is 85.4 cm³/mol. The second-order valence-electron chi connectivity index (χ2n) is 4.28. The van der Waals surface area contributed by atoms with Gasteiger partial charge in [0.15, 0.2) is 5.96 Å². The fourth-order valence-corrected chi connectivity index (χ4v) is 2.38. The van der Waals surface area contributed by atoms with E-state index in [4.69, 9.17) is 0 Å². The van der Waals surface area contributed by atoms with E-state index in [2.05, 4.69) is 34.0 Å². The zero-order chi connectivity index (χ0) is 11.4. The Kier molecular flexibility index (Phi) is 6.26. The Bertz CT molecular complexity index is 372. The molecule has 96 valence electrons. The van der Waals surface area contributed by atoms with Crippen molar-refractivity contribution >= 4 is 41.3 Å². The first-order chi connectivity index (χ1) is 7.79. The van der Waals surface area contributed by atoms with Gasteiger partial charge in [0.1, 0.15) is 0 Å². The third kappa shape index (κ3) is 4.83. The van der Waals surface area contributed by atoms with E-state index in [9.17, 15) is 0 Å². The number of thiophene rings is 1. The number of rotatable bonds is 4. The summed E-state index contributed by atoms with van der Waals surface area (Å²) in [5, 5.41) is 8.83. The molecule has 3 nitrogen and oxygen atoms in total. The number of nitrogens with zero attached hydrogens (tertiary/aromatic N) is 1. The van der Waals surface area contributed by atoms with E-state index < -0.39 is 0 Å². The summed E-state index contributed by atoms with van der Waals surface area (Å²) < 4.78 is 0. The van der Waals surface area contributed by atoms with Gasteiger partial charge < -0.3 is 10.6 Å². The minimum atomic E-state index is 0. The van der Waals surface area contributed by atoms with Crippen LogP contribution in [-0.4, -0.2) is 19.6 Å². The molecule has 0 aliphatic heterocycles. The fraction of sp³-hybridized carbons (Fsp3) is 0.583. The maximum Gasteiger partial charge on any atom is 0.191 e. The molecule has 2 rings (SSSR count). The third-order valence-corrected chi connectivity index (χ3v) is 3.89. The first kappa shape index (κ1) is 14.8. The average Bonchev–Trinajstić information content (AvgIpc) is 3.03. The van der Waals surface area contributed by atoms with Crippen molar-refractivity contribution in [1.29, 1.82) is 0 Å². The molecule has 17 heavy (non-hydrogen) atoms. The summed E-state index contributed by atoms with van der Waals surface area (Å²) in [6.45, 7) is 4.07. The zero-order valence-electron chi connectivity index (χ0n) is 10.3. The lowest BCUT2D eigenvalue weighted by Gasteiger charge is -2.10. The Balaban J connectivity index is 0.00000144. The second kappa shape index (κ2) is 7.20.